The molecule has 0 fully saturated rings. The predicted molar refractivity (Wildman–Crippen MR) is 77.1 cm³/mol. The molecule has 1 N–H and O–H groups in total. The standard InChI is InChI=1S/C15H19FN4O2/c1-8-12(22-14(19-8)15(3,4)16)13(21)20-6-5-10-11(9(20)2)18-7-17-10/h7,9H,5-6H2,1-4H3,(H,17,18)/t9-/m1/s1. The first-order chi connectivity index (χ1) is 10.3. The molecule has 6 nitrogen and oxygen atoms in total. The normalized spacial score (nSPS) is 18.4. The fourth-order valence-electron chi connectivity index (χ4n) is 2.72. The molecule has 7 heteroatoms. The van der Waals surface area contributed by atoms with Gasteiger partial charge < -0.3 is 14.3 Å². The fraction of sp³-hybridized carbons (Fsp3) is 0.533. The van der Waals surface area contributed by atoms with Gasteiger partial charge in [-0.15, -0.1) is 0 Å². The first kappa shape index (κ1) is 14.7. The van der Waals surface area contributed by atoms with E-state index in [1.807, 2.05) is 6.92 Å². The van der Waals surface area contributed by atoms with Gasteiger partial charge in [0.2, 0.25) is 11.7 Å². The molecular weight excluding hydrogens is 287 g/mol. The van der Waals surface area contributed by atoms with Gasteiger partial charge in [-0.05, 0) is 27.7 Å². The minimum absolute atomic E-state index is 0.0709. The maximum Gasteiger partial charge on any atom is 0.292 e. The van der Waals surface area contributed by atoms with Crippen molar-refractivity contribution < 1.29 is 13.6 Å². The van der Waals surface area contributed by atoms with Crippen LogP contribution in [0.3, 0.4) is 0 Å². The van der Waals surface area contributed by atoms with E-state index in [-0.39, 0.29) is 23.6 Å². The van der Waals surface area contributed by atoms with Gasteiger partial charge in [-0.3, -0.25) is 4.79 Å². The van der Waals surface area contributed by atoms with Crippen molar-refractivity contribution in [3.8, 4) is 0 Å². The van der Waals surface area contributed by atoms with E-state index in [4.69, 9.17) is 4.42 Å². The Kier molecular flexibility index (Phi) is 3.30. The number of aromatic amines is 1. The summed E-state index contributed by atoms with van der Waals surface area (Å²) in [4.78, 5) is 25.8. The van der Waals surface area contributed by atoms with Crippen LogP contribution in [0.25, 0.3) is 0 Å². The molecule has 1 aliphatic rings. The number of hydrogen-bond acceptors (Lipinski definition) is 4. The molecule has 0 saturated heterocycles. The highest BCUT2D eigenvalue weighted by Gasteiger charge is 2.35. The largest absolute Gasteiger partial charge is 0.432 e. The van der Waals surface area contributed by atoms with Crippen molar-refractivity contribution in [2.75, 3.05) is 6.54 Å². The number of carbonyl (C=O) groups is 1. The molecule has 0 radical (unpaired) electrons. The molecule has 0 bridgehead atoms. The third kappa shape index (κ3) is 2.30. The van der Waals surface area contributed by atoms with E-state index in [0.29, 0.717) is 18.7 Å². The molecule has 1 atom stereocenters. The number of oxazole rings is 1. The van der Waals surface area contributed by atoms with Crippen LogP contribution < -0.4 is 0 Å². The number of aromatic nitrogens is 3. The maximum atomic E-state index is 14.0. The Morgan fingerprint density at radius 2 is 2.27 bits per heavy atom. The summed E-state index contributed by atoms with van der Waals surface area (Å²) in [6.07, 6.45) is 2.35. The Balaban J connectivity index is 1.91. The molecule has 1 aliphatic heterocycles. The average molecular weight is 306 g/mol. The van der Waals surface area contributed by atoms with Gasteiger partial charge in [0.1, 0.15) is 0 Å². The van der Waals surface area contributed by atoms with E-state index in [1.54, 1.807) is 18.2 Å². The van der Waals surface area contributed by atoms with E-state index in [9.17, 15) is 9.18 Å². The minimum Gasteiger partial charge on any atom is -0.432 e. The molecule has 0 unspecified atom stereocenters. The van der Waals surface area contributed by atoms with Crippen LogP contribution in [-0.4, -0.2) is 32.3 Å². The van der Waals surface area contributed by atoms with Gasteiger partial charge in [0.25, 0.3) is 5.91 Å². The number of carbonyl (C=O) groups excluding carboxylic acids is 1. The van der Waals surface area contributed by atoms with Crippen LogP contribution >= 0.6 is 0 Å². The van der Waals surface area contributed by atoms with Gasteiger partial charge in [0, 0.05) is 18.7 Å². The first-order valence-electron chi connectivity index (χ1n) is 7.29. The number of aryl methyl sites for hydroxylation is 1. The van der Waals surface area contributed by atoms with Gasteiger partial charge >= 0.3 is 0 Å². The van der Waals surface area contributed by atoms with E-state index < -0.39 is 5.67 Å². The van der Waals surface area contributed by atoms with E-state index in [0.717, 1.165) is 11.4 Å². The zero-order chi connectivity index (χ0) is 16.1. The number of imidazole rings is 1. The van der Waals surface area contributed by atoms with Gasteiger partial charge in [0.15, 0.2) is 5.67 Å². The molecule has 0 aliphatic carbocycles. The summed E-state index contributed by atoms with van der Waals surface area (Å²) in [5.41, 5.74) is 0.608. The highest BCUT2D eigenvalue weighted by Crippen LogP contribution is 2.31. The van der Waals surface area contributed by atoms with Crippen LogP contribution in [0.4, 0.5) is 4.39 Å². The third-order valence-electron chi connectivity index (χ3n) is 3.98. The summed E-state index contributed by atoms with van der Waals surface area (Å²) in [6.45, 7) is 6.84. The second-order valence-corrected chi connectivity index (χ2v) is 6.10. The topological polar surface area (TPSA) is 75.0 Å². The van der Waals surface area contributed by atoms with Crippen molar-refractivity contribution in [1.82, 2.24) is 19.9 Å². The van der Waals surface area contributed by atoms with Crippen molar-refractivity contribution >= 4 is 5.91 Å². The number of halogens is 1. The molecule has 0 aromatic carbocycles. The highest BCUT2D eigenvalue weighted by molar-refractivity contribution is 5.93. The number of nitrogens with zero attached hydrogens (tertiary/aromatic N) is 3. The maximum absolute atomic E-state index is 14.0. The molecule has 2 aromatic heterocycles. The SMILES string of the molecule is Cc1nc(C(C)(C)F)oc1C(=O)N1CCc2[nH]cnc2[C@H]1C. The van der Waals surface area contributed by atoms with Crippen molar-refractivity contribution in [1.29, 1.82) is 0 Å². The van der Waals surface area contributed by atoms with Gasteiger partial charge in [-0.1, -0.05) is 0 Å². The highest BCUT2D eigenvalue weighted by atomic mass is 19.1. The second kappa shape index (κ2) is 4.93. The minimum atomic E-state index is -1.72. The molecule has 1 amide bonds. The molecule has 2 aromatic rings. The Hall–Kier alpha value is -2.18. The van der Waals surface area contributed by atoms with Crippen LogP contribution in [-0.2, 0) is 12.1 Å². The Bertz CT molecular complexity index is 713. The molecule has 118 valence electrons. The van der Waals surface area contributed by atoms with E-state index in [1.165, 1.54) is 13.8 Å². The van der Waals surface area contributed by atoms with Crippen molar-refractivity contribution in [3.05, 3.63) is 35.1 Å². The van der Waals surface area contributed by atoms with E-state index >= 15 is 0 Å². The number of alkyl halides is 1. The molecule has 3 rings (SSSR count). The first-order valence-corrected chi connectivity index (χ1v) is 7.29. The monoisotopic (exact) mass is 306 g/mol. The number of hydrogen-bond donors (Lipinski definition) is 1. The average Bonchev–Trinajstić information content (AvgIpc) is 3.04. The van der Waals surface area contributed by atoms with E-state index in [2.05, 4.69) is 15.0 Å². The Morgan fingerprint density at radius 3 is 2.91 bits per heavy atom. The van der Waals surface area contributed by atoms with Crippen LogP contribution in [0.2, 0.25) is 0 Å². The smallest absolute Gasteiger partial charge is 0.292 e. The van der Waals surface area contributed by atoms with Crippen LogP contribution in [0, 0.1) is 6.92 Å². The summed E-state index contributed by atoms with van der Waals surface area (Å²) in [6, 6.07) is -0.158. The quantitative estimate of drug-likeness (QED) is 0.925. The van der Waals surface area contributed by atoms with Crippen molar-refractivity contribution in [2.45, 2.75) is 45.8 Å². The van der Waals surface area contributed by atoms with Gasteiger partial charge in [0.05, 0.1) is 23.8 Å². The lowest BCUT2D eigenvalue weighted by Gasteiger charge is -2.32. The lowest BCUT2D eigenvalue weighted by Crippen LogP contribution is -2.39. The van der Waals surface area contributed by atoms with Crippen LogP contribution in [0.15, 0.2) is 10.7 Å². The fourth-order valence-corrected chi connectivity index (χ4v) is 2.72. The summed E-state index contributed by atoms with van der Waals surface area (Å²) >= 11 is 0. The summed E-state index contributed by atoms with van der Waals surface area (Å²) in [5.74, 6) is -0.244. The zero-order valence-corrected chi connectivity index (χ0v) is 13.1. The van der Waals surface area contributed by atoms with Crippen molar-refractivity contribution in [2.24, 2.45) is 0 Å². The predicted octanol–water partition coefficient (Wildman–Crippen LogP) is 2.67. The number of nitrogens with one attached hydrogen (secondary N) is 1. The zero-order valence-electron chi connectivity index (χ0n) is 13.1. The second-order valence-electron chi connectivity index (χ2n) is 6.10. The lowest BCUT2D eigenvalue weighted by atomic mass is 10.0. The van der Waals surface area contributed by atoms with Crippen molar-refractivity contribution in [3.63, 3.8) is 0 Å². The number of H-pyrrole nitrogens is 1. The molecule has 0 spiro atoms. The number of rotatable bonds is 2. The lowest BCUT2D eigenvalue weighted by molar-refractivity contribution is 0.0629. The molecule has 22 heavy (non-hydrogen) atoms. The van der Waals surface area contributed by atoms with Gasteiger partial charge in [-0.2, -0.15) is 0 Å². The van der Waals surface area contributed by atoms with Gasteiger partial charge in [-0.25, -0.2) is 14.4 Å². The van der Waals surface area contributed by atoms with Crippen LogP contribution in [0.5, 0.6) is 0 Å². The third-order valence-corrected chi connectivity index (χ3v) is 3.98. The van der Waals surface area contributed by atoms with Crippen LogP contribution in [0.1, 0.15) is 60.3 Å². The summed E-state index contributed by atoms with van der Waals surface area (Å²) in [7, 11) is 0. The Labute approximate surface area is 127 Å². The Morgan fingerprint density at radius 1 is 1.55 bits per heavy atom. The summed E-state index contributed by atoms with van der Waals surface area (Å²) < 4.78 is 19.4. The number of fused-ring (bicyclic) bond motifs is 1. The molecule has 3 heterocycles. The molecular formula is C15H19FN4O2. The summed E-state index contributed by atoms with van der Waals surface area (Å²) in [5, 5.41) is 0. The molecule has 0 saturated carbocycles. The number of amides is 1.